The minimum atomic E-state index is -3.65. The first-order valence-electron chi connectivity index (χ1n) is 6.99. The highest BCUT2D eigenvalue weighted by molar-refractivity contribution is 7.89. The van der Waals surface area contributed by atoms with Gasteiger partial charge in [0.15, 0.2) is 5.82 Å². The normalized spacial score (nSPS) is 17.9. The topological polar surface area (TPSA) is 129 Å². The first-order chi connectivity index (χ1) is 10.4. The van der Waals surface area contributed by atoms with Crippen LogP contribution < -0.4 is 10.5 Å². The lowest BCUT2D eigenvalue weighted by Gasteiger charge is -2.17. The summed E-state index contributed by atoms with van der Waals surface area (Å²) in [6.45, 7) is -0.0830. The lowest BCUT2D eigenvalue weighted by Crippen LogP contribution is -2.34. The van der Waals surface area contributed by atoms with Gasteiger partial charge in [0.2, 0.25) is 15.9 Å². The fourth-order valence-electron chi connectivity index (χ4n) is 2.54. The van der Waals surface area contributed by atoms with E-state index in [1.807, 2.05) is 0 Å². The van der Waals surface area contributed by atoms with Gasteiger partial charge in [-0.25, -0.2) is 13.1 Å². The van der Waals surface area contributed by atoms with Gasteiger partial charge in [-0.15, -0.1) is 0 Å². The Morgan fingerprint density at radius 2 is 2.18 bits per heavy atom. The molecule has 0 saturated heterocycles. The van der Waals surface area contributed by atoms with Crippen LogP contribution in [0, 0.1) is 0 Å². The Labute approximate surface area is 127 Å². The predicted octanol–water partition coefficient (Wildman–Crippen LogP) is 0.00960. The maximum absolute atomic E-state index is 12.1. The molecule has 3 N–H and O–H groups in total. The van der Waals surface area contributed by atoms with E-state index < -0.39 is 15.6 Å². The first-order valence-corrected chi connectivity index (χ1v) is 8.48. The number of hydrogen-bond acceptors (Lipinski definition) is 7. The quantitative estimate of drug-likeness (QED) is 0.791. The summed E-state index contributed by atoms with van der Waals surface area (Å²) in [6, 6.07) is 0. The lowest BCUT2D eigenvalue weighted by molar-refractivity contribution is 0.347. The van der Waals surface area contributed by atoms with Crippen molar-refractivity contribution in [3.63, 3.8) is 0 Å². The average molecular weight is 326 g/mol. The zero-order valence-corrected chi connectivity index (χ0v) is 13.0. The molecule has 0 aliphatic heterocycles. The van der Waals surface area contributed by atoms with E-state index in [0.29, 0.717) is 5.82 Å². The molecule has 1 saturated carbocycles. The van der Waals surface area contributed by atoms with Crippen LogP contribution in [0.3, 0.4) is 0 Å². The van der Waals surface area contributed by atoms with Crippen molar-refractivity contribution in [2.75, 3.05) is 0 Å². The summed E-state index contributed by atoms with van der Waals surface area (Å²) >= 11 is 0. The number of hydrogen-bond donors (Lipinski definition) is 2. The number of sulfonamides is 1. The third-order valence-electron chi connectivity index (χ3n) is 3.81. The third-order valence-corrected chi connectivity index (χ3v) is 5.17. The van der Waals surface area contributed by atoms with Crippen molar-refractivity contribution in [2.24, 2.45) is 12.8 Å². The molecule has 0 amide bonds. The summed E-state index contributed by atoms with van der Waals surface area (Å²) in [7, 11) is -2.01. The van der Waals surface area contributed by atoms with Crippen molar-refractivity contribution in [3.05, 3.63) is 24.1 Å². The van der Waals surface area contributed by atoms with Crippen LogP contribution in [0.2, 0.25) is 0 Å². The summed E-state index contributed by atoms with van der Waals surface area (Å²) in [5.41, 5.74) is 5.68. The molecule has 2 aromatic rings. The molecule has 1 fully saturated rings. The number of rotatable bonds is 5. The summed E-state index contributed by atoms with van der Waals surface area (Å²) in [5.74, 6) is 0.639. The highest BCUT2D eigenvalue weighted by Crippen LogP contribution is 2.34. The Balaban J connectivity index is 1.68. The standard InChI is InChI=1S/C12H18N6O3S/c1-18-8-9(6-14-18)22(19,20)15-7-10-16-11(17-21-10)12(13)4-2-3-5-12/h6,8,15H,2-5,7,13H2,1H3. The second-order valence-electron chi connectivity index (χ2n) is 5.55. The fourth-order valence-corrected chi connectivity index (χ4v) is 3.49. The molecule has 0 bridgehead atoms. The van der Waals surface area contributed by atoms with Gasteiger partial charge in [-0.3, -0.25) is 4.68 Å². The SMILES string of the molecule is Cn1cc(S(=O)(=O)NCc2nc(C3(N)CCCC3)no2)cn1. The van der Waals surface area contributed by atoms with Crippen molar-refractivity contribution in [1.82, 2.24) is 24.6 Å². The highest BCUT2D eigenvalue weighted by Gasteiger charge is 2.36. The zero-order chi connectivity index (χ0) is 15.8. The summed E-state index contributed by atoms with van der Waals surface area (Å²) in [4.78, 5) is 4.30. The Hall–Kier alpha value is -1.78. The molecule has 9 nitrogen and oxygen atoms in total. The zero-order valence-electron chi connectivity index (χ0n) is 12.2. The molecule has 0 atom stereocenters. The Morgan fingerprint density at radius 3 is 2.82 bits per heavy atom. The van der Waals surface area contributed by atoms with Crippen molar-refractivity contribution in [2.45, 2.75) is 42.7 Å². The smallest absolute Gasteiger partial charge is 0.244 e. The van der Waals surface area contributed by atoms with Crippen LogP contribution in [0.25, 0.3) is 0 Å². The van der Waals surface area contributed by atoms with E-state index >= 15 is 0 Å². The van der Waals surface area contributed by atoms with Crippen LogP contribution in [-0.2, 0) is 29.2 Å². The average Bonchev–Trinajstić information content (AvgIpc) is 3.17. The lowest BCUT2D eigenvalue weighted by atomic mass is 9.99. The molecular weight excluding hydrogens is 308 g/mol. The summed E-state index contributed by atoms with van der Waals surface area (Å²) in [6.07, 6.45) is 6.38. The Kier molecular flexibility index (Phi) is 3.75. The molecule has 0 spiro atoms. The minimum absolute atomic E-state index is 0.0830. The van der Waals surface area contributed by atoms with Crippen molar-refractivity contribution >= 4 is 10.0 Å². The molecule has 2 heterocycles. The van der Waals surface area contributed by atoms with Crippen LogP contribution in [0.5, 0.6) is 0 Å². The van der Waals surface area contributed by atoms with Crippen molar-refractivity contribution in [3.8, 4) is 0 Å². The maximum Gasteiger partial charge on any atom is 0.244 e. The second-order valence-corrected chi connectivity index (χ2v) is 7.32. The van der Waals surface area contributed by atoms with Gasteiger partial charge >= 0.3 is 0 Å². The van der Waals surface area contributed by atoms with Gasteiger partial charge in [-0.1, -0.05) is 18.0 Å². The first kappa shape index (κ1) is 15.1. The molecule has 0 aromatic carbocycles. The van der Waals surface area contributed by atoms with E-state index in [-0.39, 0.29) is 17.3 Å². The van der Waals surface area contributed by atoms with E-state index in [1.54, 1.807) is 7.05 Å². The van der Waals surface area contributed by atoms with Gasteiger partial charge in [-0.2, -0.15) is 10.1 Å². The number of aryl methyl sites for hydroxylation is 1. The number of nitrogens with one attached hydrogen (secondary N) is 1. The Morgan fingerprint density at radius 1 is 1.45 bits per heavy atom. The monoisotopic (exact) mass is 326 g/mol. The number of nitrogens with zero attached hydrogens (tertiary/aromatic N) is 4. The van der Waals surface area contributed by atoms with Gasteiger partial charge in [0.25, 0.3) is 0 Å². The van der Waals surface area contributed by atoms with E-state index in [4.69, 9.17) is 10.3 Å². The molecule has 120 valence electrons. The largest absolute Gasteiger partial charge is 0.338 e. The molecule has 2 aromatic heterocycles. The Bertz CT molecular complexity index is 759. The second kappa shape index (κ2) is 5.45. The molecule has 1 aliphatic carbocycles. The predicted molar refractivity (Wildman–Crippen MR) is 75.9 cm³/mol. The maximum atomic E-state index is 12.1. The van der Waals surface area contributed by atoms with Crippen LogP contribution in [0.15, 0.2) is 21.8 Å². The number of aromatic nitrogens is 4. The molecule has 0 radical (unpaired) electrons. The van der Waals surface area contributed by atoms with E-state index in [0.717, 1.165) is 25.7 Å². The molecule has 3 rings (SSSR count). The molecular formula is C12H18N6O3S. The minimum Gasteiger partial charge on any atom is -0.338 e. The number of nitrogens with two attached hydrogens (primary N) is 1. The van der Waals surface area contributed by atoms with Gasteiger partial charge in [-0.05, 0) is 12.8 Å². The molecule has 10 heteroatoms. The highest BCUT2D eigenvalue weighted by atomic mass is 32.2. The van der Waals surface area contributed by atoms with Crippen LogP contribution in [0.4, 0.5) is 0 Å². The fraction of sp³-hybridized carbons (Fsp3) is 0.583. The van der Waals surface area contributed by atoms with Gasteiger partial charge in [0.05, 0.1) is 18.3 Å². The van der Waals surface area contributed by atoms with Crippen LogP contribution in [0.1, 0.15) is 37.4 Å². The van der Waals surface area contributed by atoms with E-state index in [9.17, 15) is 8.42 Å². The van der Waals surface area contributed by atoms with Crippen molar-refractivity contribution in [1.29, 1.82) is 0 Å². The van der Waals surface area contributed by atoms with E-state index in [1.165, 1.54) is 17.1 Å². The van der Waals surface area contributed by atoms with Gasteiger partial charge in [0, 0.05) is 13.2 Å². The molecule has 22 heavy (non-hydrogen) atoms. The van der Waals surface area contributed by atoms with Crippen molar-refractivity contribution < 1.29 is 12.9 Å². The molecule has 1 aliphatic rings. The summed E-state index contributed by atoms with van der Waals surface area (Å²) in [5, 5.41) is 7.72. The van der Waals surface area contributed by atoms with Crippen LogP contribution >= 0.6 is 0 Å². The van der Waals surface area contributed by atoms with Gasteiger partial charge in [0.1, 0.15) is 4.90 Å². The van der Waals surface area contributed by atoms with Gasteiger partial charge < -0.3 is 10.3 Å². The summed E-state index contributed by atoms with van der Waals surface area (Å²) < 4.78 is 33.0. The van der Waals surface area contributed by atoms with E-state index in [2.05, 4.69) is 20.0 Å². The third kappa shape index (κ3) is 2.89. The van der Waals surface area contributed by atoms with Crippen LogP contribution in [-0.4, -0.2) is 28.3 Å². The molecule has 0 unspecified atom stereocenters.